The van der Waals surface area contributed by atoms with Gasteiger partial charge < -0.3 is 18.8 Å². The van der Waals surface area contributed by atoms with E-state index in [2.05, 4.69) is 20.6 Å². The molecular formula is C19H16N4O4S. The minimum absolute atomic E-state index is 0.213. The van der Waals surface area contributed by atoms with E-state index in [1.54, 1.807) is 31.4 Å². The van der Waals surface area contributed by atoms with Crippen molar-refractivity contribution in [2.24, 2.45) is 0 Å². The van der Waals surface area contributed by atoms with E-state index in [1.807, 2.05) is 30.3 Å². The standard InChI is InChI=1S/C19H16N4O4S/c1-12-10-15(22-26-12)20-19(24)17(13-6-3-2-4-7-13)28-11-16-21-18(23-27-16)14-8-5-9-25-14/h2-10,17H,11H2,1H3,(H,20,22,24). The molecule has 8 nitrogen and oxygen atoms in total. The molecule has 1 amide bonds. The third-order valence-electron chi connectivity index (χ3n) is 3.80. The summed E-state index contributed by atoms with van der Waals surface area (Å²) in [6.07, 6.45) is 1.54. The first-order chi connectivity index (χ1) is 13.7. The van der Waals surface area contributed by atoms with E-state index in [9.17, 15) is 4.79 Å². The molecule has 9 heteroatoms. The van der Waals surface area contributed by atoms with Crippen LogP contribution < -0.4 is 5.32 Å². The van der Waals surface area contributed by atoms with Crippen molar-refractivity contribution in [2.45, 2.75) is 17.9 Å². The Hall–Kier alpha value is -3.33. The first-order valence-corrected chi connectivity index (χ1v) is 9.51. The molecule has 4 rings (SSSR count). The fourth-order valence-electron chi connectivity index (χ4n) is 2.54. The summed E-state index contributed by atoms with van der Waals surface area (Å²) >= 11 is 1.38. The normalized spacial score (nSPS) is 12.0. The van der Waals surface area contributed by atoms with Gasteiger partial charge in [0.25, 0.3) is 0 Å². The first-order valence-electron chi connectivity index (χ1n) is 8.46. The lowest BCUT2D eigenvalue weighted by molar-refractivity contribution is -0.115. The Morgan fingerprint density at radius 2 is 2.00 bits per heavy atom. The lowest BCUT2D eigenvalue weighted by Gasteiger charge is -2.15. The number of benzene rings is 1. The second-order valence-electron chi connectivity index (χ2n) is 5.90. The number of rotatable bonds is 7. The molecule has 0 spiro atoms. The molecule has 1 N–H and O–H groups in total. The van der Waals surface area contributed by atoms with E-state index in [0.29, 0.717) is 34.8 Å². The van der Waals surface area contributed by atoms with Gasteiger partial charge in [0.05, 0.1) is 12.0 Å². The molecule has 0 aliphatic rings. The van der Waals surface area contributed by atoms with Crippen molar-refractivity contribution in [3.63, 3.8) is 0 Å². The third kappa shape index (κ3) is 4.15. The number of anilines is 1. The Balaban J connectivity index is 1.48. The minimum atomic E-state index is -0.489. The number of nitrogens with zero attached hydrogens (tertiary/aromatic N) is 3. The zero-order chi connectivity index (χ0) is 19.3. The highest BCUT2D eigenvalue weighted by Crippen LogP contribution is 2.33. The largest absolute Gasteiger partial charge is 0.461 e. The molecule has 3 heterocycles. The number of hydrogen-bond donors (Lipinski definition) is 1. The molecule has 3 aromatic heterocycles. The first kappa shape index (κ1) is 18.1. The molecule has 0 aliphatic heterocycles. The van der Waals surface area contributed by atoms with Crippen molar-refractivity contribution >= 4 is 23.5 Å². The van der Waals surface area contributed by atoms with Crippen LogP contribution in [0, 0.1) is 6.92 Å². The number of aromatic nitrogens is 3. The van der Waals surface area contributed by atoms with Gasteiger partial charge >= 0.3 is 0 Å². The summed E-state index contributed by atoms with van der Waals surface area (Å²) in [4.78, 5) is 17.2. The van der Waals surface area contributed by atoms with Gasteiger partial charge in [-0.25, -0.2) is 0 Å². The zero-order valence-corrected chi connectivity index (χ0v) is 15.7. The number of furan rings is 1. The van der Waals surface area contributed by atoms with Gasteiger partial charge in [-0.05, 0) is 24.6 Å². The van der Waals surface area contributed by atoms with Crippen molar-refractivity contribution in [2.75, 3.05) is 5.32 Å². The van der Waals surface area contributed by atoms with Crippen LogP contribution in [0.4, 0.5) is 5.82 Å². The van der Waals surface area contributed by atoms with E-state index in [4.69, 9.17) is 13.5 Å². The predicted octanol–water partition coefficient (Wildman–Crippen LogP) is 4.24. The Morgan fingerprint density at radius 3 is 2.71 bits per heavy atom. The third-order valence-corrected chi connectivity index (χ3v) is 5.04. The summed E-state index contributed by atoms with van der Waals surface area (Å²) < 4.78 is 15.5. The molecule has 1 atom stereocenters. The predicted molar refractivity (Wildman–Crippen MR) is 102 cm³/mol. The van der Waals surface area contributed by atoms with Crippen LogP contribution in [-0.2, 0) is 10.5 Å². The molecule has 0 bridgehead atoms. The number of hydrogen-bond acceptors (Lipinski definition) is 8. The van der Waals surface area contributed by atoms with Gasteiger partial charge in [-0.15, -0.1) is 11.8 Å². The van der Waals surface area contributed by atoms with Crippen LogP contribution in [0.1, 0.15) is 22.5 Å². The van der Waals surface area contributed by atoms with Gasteiger partial charge in [0.15, 0.2) is 11.6 Å². The lowest BCUT2D eigenvalue weighted by atomic mass is 10.1. The molecule has 4 aromatic rings. The molecule has 142 valence electrons. The maximum atomic E-state index is 12.8. The molecule has 0 saturated carbocycles. The van der Waals surface area contributed by atoms with Gasteiger partial charge in [-0.3, -0.25) is 4.79 Å². The van der Waals surface area contributed by atoms with E-state index in [0.717, 1.165) is 5.56 Å². The highest BCUT2D eigenvalue weighted by atomic mass is 32.2. The molecule has 0 fully saturated rings. The highest BCUT2D eigenvalue weighted by molar-refractivity contribution is 7.99. The van der Waals surface area contributed by atoms with Gasteiger partial charge in [-0.1, -0.05) is 40.6 Å². The average molecular weight is 396 g/mol. The van der Waals surface area contributed by atoms with Crippen molar-refractivity contribution in [1.82, 2.24) is 15.3 Å². The quantitative estimate of drug-likeness (QED) is 0.494. The Bertz CT molecular complexity index is 1040. The minimum Gasteiger partial charge on any atom is -0.461 e. The van der Waals surface area contributed by atoms with E-state index in [1.165, 1.54) is 11.8 Å². The van der Waals surface area contributed by atoms with Crippen molar-refractivity contribution in [3.8, 4) is 11.6 Å². The van der Waals surface area contributed by atoms with Crippen LogP contribution in [0.25, 0.3) is 11.6 Å². The molecule has 0 radical (unpaired) electrons. The Labute approximate surface area is 164 Å². The van der Waals surface area contributed by atoms with Crippen LogP contribution in [0.2, 0.25) is 0 Å². The number of thioether (sulfide) groups is 1. The van der Waals surface area contributed by atoms with E-state index < -0.39 is 5.25 Å². The summed E-state index contributed by atoms with van der Waals surface area (Å²) in [5.41, 5.74) is 0.857. The van der Waals surface area contributed by atoms with Gasteiger partial charge in [0, 0.05) is 6.07 Å². The Kier molecular flexibility index (Phi) is 5.24. The van der Waals surface area contributed by atoms with Gasteiger partial charge in [0.2, 0.25) is 17.6 Å². The summed E-state index contributed by atoms with van der Waals surface area (Å²) in [5.74, 6) is 2.45. The van der Waals surface area contributed by atoms with E-state index >= 15 is 0 Å². The zero-order valence-electron chi connectivity index (χ0n) is 14.9. The topological polar surface area (TPSA) is 107 Å². The maximum absolute atomic E-state index is 12.8. The van der Waals surface area contributed by atoms with Crippen LogP contribution in [0.3, 0.4) is 0 Å². The number of nitrogens with one attached hydrogen (secondary N) is 1. The highest BCUT2D eigenvalue weighted by Gasteiger charge is 2.23. The summed E-state index contributed by atoms with van der Waals surface area (Å²) in [7, 11) is 0. The molecule has 0 aliphatic carbocycles. The molecular weight excluding hydrogens is 380 g/mol. The maximum Gasteiger partial charge on any atom is 0.243 e. The summed E-state index contributed by atoms with van der Waals surface area (Å²) in [6.45, 7) is 1.76. The average Bonchev–Trinajstić information content (AvgIpc) is 3.45. The lowest BCUT2D eigenvalue weighted by Crippen LogP contribution is -2.19. The second kappa shape index (κ2) is 8.13. The van der Waals surface area contributed by atoms with Gasteiger partial charge in [0.1, 0.15) is 11.0 Å². The van der Waals surface area contributed by atoms with Gasteiger partial charge in [-0.2, -0.15) is 4.98 Å². The van der Waals surface area contributed by atoms with E-state index in [-0.39, 0.29) is 5.91 Å². The number of amides is 1. The van der Waals surface area contributed by atoms with Crippen LogP contribution >= 0.6 is 11.8 Å². The second-order valence-corrected chi connectivity index (χ2v) is 7.00. The fourth-order valence-corrected chi connectivity index (χ4v) is 3.53. The smallest absolute Gasteiger partial charge is 0.243 e. The van der Waals surface area contributed by atoms with Crippen molar-refractivity contribution in [1.29, 1.82) is 0 Å². The Morgan fingerprint density at radius 1 is 1.14 bits per heavy atom. The number of carbonyl (C=O) groups excluding carboxylic acids is 1. The van der Waals surface area contributed by atoms with Crippen LogP contribution in [-0.4, -0.2) is 21.2 Å². The number of aryl methyl sites for hydroxylation is 1. The SMILES string of the molecule is Cc1cc(NC(=O)C(SCc2nc(-c3ccco3)no2)c2ccccc2)no1. The molecule has 0 saturated heterocycles. The van der Waals surface area contributed by atoms with Crippen molar-refractivity contribution in [3.05, 3.63) is 72.0 Å². The monoisotopic (exact) mass is 396 g/mol. The molecule has 28 heavy (non-hydrogen) atoms. The van der Waals surface area contributed by atoms with Crippen LogP contribution in [0.5, 0.6) is 0 Å². The fraction of sp³-hybridized carbons (Fsp3) is 0.158. The molecule has 1 aromatic carbocycles. The summed E-state index contributed by atoms with van der Waals surface area (Å²) in [6, 6.07) is 14.6. The van der Waals surface area contributed by atoms with Crippen molar-refractivity contribution < 1.29 is 18.3 Å². The summed E-state index contributed by atoms with van der Waals surface area (Å²) in [5, 5.41) is 10.0. The molecule has 1 unspecified atom stereocenters. The number of carbonyl (C=O) groups is 1. The van der Waals surface area contributed by atoms with Crippen LogP contribution in [0.15, 0.2) is 68.3 Å².